The zero-order valence-electron chi connectivity index (χ0n) is 22.1. The summed E-state index contributed by atoms with van der Waals surface area (Å²) in [5, 5.41) is 12.5. The smallest absolute Gasteiger partial charge is 0.264 e. The maximum absolute atomic E-state index is 13.7. The summed E-state index contributed by atoms with van der Waals surface area (Å²) in [6.07, 6.45) is 0. The second-order valence-electron chi connectivity index (χ2n) is 9.05. The van der Waals surface area contributed by atoms with Gasteiger partial charge in [-0.3, -0.25) is 14.4 Å². The van der Waals surface area contributed by atoms with Gasteiger partial charge in [0.15, 0.2) is 0 Å². The van der Waals surface area contributed by atoms with Gasteiger partial charge in [-0.05, 0) is 78.7 Å². The van der Waals surface area contributed by atoms with Crippen LogP contribution in [-0.4, -0.2) is 31.6 Å². The zero-order valence-corrected chi connectivity index (χ0v) is 24.5. The standard InChI is InChI=1S/C30H25ClN4O4S2/c1-20-8-15-24(31)18-27(20)35(41(37,38)26-6-4-3-5-7-26)19-21-9-11-22(12-10-21)28(36)32-30-34-33-29(40-30)23-13-16-25(39-2)17-14-23/h3-18H,19H2,1-2H3,(H,32,34,36). The van der Waals surface area contributed by atoms with Gasteiger partial charge in [0.2, 0.25) is 5.13 Å². The van der Waals surface area contributed by atoms with Crippen molar-refractivity contribution in [1.29, 1.82) is 0 Å². The number of carbonyl (C=O) groups is 1. The summed E-state index contributed by atoms with van der Waals surface area (Å²) in [4.78, 5) is 13.1. The molecule has 0 spiro atoms. The van der Waals surface area contributed by atoms with Crippen molar-refractivity contribution < 1.29 is 17.9 Å². The summed E-state index contributed by atoms with van der Waals surface area (Å²) in [7, 11) is -2.31. The Labute approximate surface area is 247 Å². The molecule has 1 amide bonds. The van der Waals surface area contributed by atoms with Gasteiger partial charge in [-0.2, -0.15) is 0 Å². The highest BCUT2D eigenvalue weighted by molar-refractivity contribution is 7.92. The summed E-state index contributed by atoms with van der Waals surface area (Å²) in [5.41, 5.74) is 3.19. The van der Waals surface area contributed by atoms with Crippen LogP contribution in [-0.2, 0) is 16.6 Å². The molecule has 0 bridgehead atoms. The summed E-state index contributed by atoms with van der Waals surface area (Å²) >= 11 is 7.51. The molecule has 0 atom stereocenters. The second kappa shape index (κ2) is 12.1. The van der Waals surface area contributed by atoms with Crippen LogP contribution in [0.25, 0.3) is 10.6 Å². The molecule has 8 nitrogen and oxygen atoms in total. The molecular formula is C30H25ClN4O4S2. The number of hydrogen-bond donors (Lipinski definition) is 1. The first-order valence-corrected chi connectivity index (χ1v) is 15.1. The van der Waals surface area contributed by atoms with Crippen LogP contribution < -0.4 is 14.4 Å². The topological polar surface area (TPSA) is 101 Å². The van der Waals surface area contributed by atoms with E-state index in [1.165, 1.54) is 15.6 Å². The first-order valence-electron chi connectivity index (χ1n) is 12.5. The molecule has 0 saturated carbocycles. The molecule has 0 aliphatic rings. The van der Waals surface area contributed by atoms with Crippen LogP contribution in [0.4, 0.5) is 10.8 Å². The number of halogens is 1. The van der Waals surface area contributed by atoms with E-state index in [2.05, 4.69) is 15.5 Å². The highest BCUT2D eigenvalue weighted by Crippen LogP contribution is 2.32. The molecule has 5 rings (SSSR count). The fourth-order valence-corrected chi connectivity index (χ4v) is 6.53. The number of anilines is 2. The quantitative estimate of drug-likeness (QED) is 0.198. The fraction of sp³-hybridized carbons (Fsp3) is 0.100. The first kappa shape index (κ1) is 28.3. The summed E-state index contributed by atoms with van der Waals surface area (Å²) in [6, 6.07) is 27.5. The van der Waals surface area contributed by atoms with E-state index in [1.54, 1.807) is 79.9 Å². The van der Waals surface area contributed by atoms with Gasteiger partial charge in [0.05, 0.1) is 24.2 Å². The molecule has 1 aromatic heterocycles. The lowest BCUT2D eigenvalue weighted by atomic mass is 10.1. The van der Waals surface area contributed by atoms with Gasteiger partial charge in [0.1, 0.15) is 10.8 Å². The highest BCUT2D eigenvalue weighted by Gasteiger charge is 2.26. The lowest BCUT2D eigenvalue weighted by Gasteiger charge is -2.26. The summed E-state index contributed by atoms with van der Waals surface area (Å²) < 4.78 is 33.9. The number of benzene rings is 4. The molecule has 0 unspecified atom stereocenters. The number of methoxy groups -OCH3 is 1. The maximum Gasteiger partial charge on any atom is 0.264 e. The number of amides is 1. The number of ether oxygens (including phenoxy) is 1. The van der Waals surface area contributed by atoms with Crippen molar-refractivity contribution in [2.75, 3.05) is 16.7 Å². The van der Waals surface area contributed by atoms with Gasteiger partial charge in [0.25, 0.3) is 15.9 Å². The molecule has 0 fully saturated rings. The Kier molecular flexibility index (Phi) is 8.34. The number of sulfonamides is 1. The van der Waals surface area contributed by atoms with Crippen molar-refractivity contribution in [3.63, 3.8) is 0 Å². The molecule has 208 valence electrons. The molecular weight excluding hydrogens is 580 g/mol. The Morgan fingerprint density at radius 3 is 2.34 bits per heavy atom. The minimum Gasteiger partial charge on any atom is -0.497 e. The van der Waals surface area contributed by atoms with E-state index in [4.69, 9.17) is 16.3 Å². The molecule has 41 heavy (non-hydrogen) atoms. The fourth-order valence-electron chi connectivity index (χ4n) is 4.09. The first-order chi connectivity index (χ1) is 19.7. The van der Waals surface area contributed by atoms with Gasteiger partial charge in [-0.15, -0.1) is 10.2 Å². The number of rotatable bonds is 9. The second-order valence-corrected chi connectivity index (χ2v) is 12.3. The molecule has 0 radical (unpaired) electrons. The largest absolute Gasteiger partial charge is 0.497 e. The van der Waals surface area contributed by atoms with Crippen molar-refractivity contribution in [2.45, 2.75) is 18.4 Å². The highest BCUT2D eigenvalue weighted by atomic mass is 35.5. The molecule has 0 aliphatic carbocycles. The van der Waals surface area contributed by atoms with Gasteiger partial charge >= 0.3 is 0 Å². The van der Waals surface area contributed by atoms with Crippen LogP contribution in [0.3, 0.4) is 0 Å². The van der Waals surface area contributed by atoms with E-state index >= 15 is 0 Å². The molecule has 0 aliphatic heterocycles. The number of carbonyl (C=O) groups excluding carboxylic acids is 1. The average Bonchev–Trinajstić information content (AvgIpc) is 3.46. The van der Waals surface area contributed by atoms with Gasteiger partial charge in [-0.1, -0.05) is 59.3 Å². The molecule has 1 heterocycles. The molecule has 1 N–H and O–H groups in total. The molecule has 4 aromatic carbocycles. The Balaban J connectivity index is 1.35. The zero-order chi connectivity index (χ0) is 29.0. The number of hydrogen-bond acceptors (Lipinski definition) is 7. The van der Waals surface area contributed by atoms with E-state index < -0.39 is 10.0 Å². The van der Waals surface area contributed by atoms with Crippen molar-refractivity contribution >= 4 is 49.7 Å². The van der Waals surface area contributed by atoms with Crippen molar-refractivity contribution in [3.05, 3.63) is 119 Å². The third-order valence-electron chi connectivity index (χ3n) is 6.30. The Morgan fingerprint density at radius 1 is 0.951 bits per heavy atom. The Hall–Kier alpha value is -4.25. The van der Waals surface area contributed by atoms with E-state index in [0.29, 0.717) is 32.0 Å². The van der Waals surface area contributed by atoms with E-state index in [-0.39, 0.29) is 17.3 Å². The van der Waals surface area contributed by atoms with Crippen LogP contribution in [0, 0.1) is 6.92 Å². The van der Waals surface area contributed by atoms with Crippen molar-refractivity contribution in [2.24, 2.45) is 0 Å². The lowest BCUT2D eigenvalue weighted by Crippen LogP contribution is -2.31. The van der Waals surface area contributed by atoms with Gasteiger partial charge in [0, 0.05) is 16.1 Å². The third kappa shape index (κ3) is 6.40. The van der Waals surface area contributed by atoms with Gasteiger partial charge in [-0.25, -0.2) is 8.42 Å². The predicted molar refractivity (Wildman–Crippen MR) is 162 cm³/mol. The SMILES string of the molecule is COc1ccc(-c2nnc(NC(=O)c3ccc(CN(c4cc(Cl)ccc4C)S(=O)(=O)c4ccccc4)cc3)s2)cc1. The number of aryl methyl sites for hydroxylation is 1. The van der Waals surface area contributed by atoms with Crippen molar-refractivity contribution in [1.82, 2.24) is 10.2 Å². The van der Waals surface area contributed by atoms with Crippen LogP contribution in [0.1, 0.15) is 21.5 Å². The normalized spacial score (nSPS) is 11.2. The number of nitrogens with one attached hydrogen (secondary N) is 1. The van der Waals surface area contributed by atoms with Crippen LogP contribution in [0.5, 0.6) is 5.75 Å². The van der Waals surface area contributed by atoms with E-state index in [9.17, 15) is 13.2 Å². The molecule has 5 aromatic rings. The monoisotopic (exact) mass is 604 g/mol. The summed E-state index contributed by atoms with van der Waals surface area (Å²) in [5.74, 6) is 0.382. The third-order valence-corrected chi connectivity index (χ3v) is 9.19. The number of nitrogens with zero attached hydrogens (tertiary/aromatic N) is 3. The Morgan fingerprint density at radius 2 is 1.66 bits per heavy atom. The lowest BCUT2D eigenvalue weighted by molar-refractivity contribution is 0.102. The van der Waals surface area contributed by atoms with Crippen LogP contribution >= 0.6 is 22.9 Å². The molecule has 0 saturated heterocycles. The van der Waals surface area contributed by atoms with Gasteiger partial charge < -0.3 is 4.74 Å². The minimum absolute atomic E-state index is 0.0436. The van der Waals surface area contributed by atoms with Crippen LogP contribution in [0.15, 0.2) is 102 Å². The number of aromatic nitrogens is 2. The molecule has 11 heteroatoms. The minimum atomic E-state index is -3.91. The summed E-state index contributed by atoms with van der Waals surface area (Å²) in [6.45, 7) is 1.88. The predicted octanol–water partition coefficient (Wildman–Crippen LogP) is 6.82. The Bertz CT molecular complexity index is 1780. The van der Waals surface area contributed by atoms with E-state index in [1.807, 2.05) is 31.2 Å². The van der Waals surface area contributed by atoms with E-state index in [0.717, 1.165) is 16.9 Å². The maximum atomic E-state index is 13.7. The average molecular weight is 605 g/mol. The van der Waals surface area contributed by atoms with Crippen LogP contribution in [0.2, 0.25) is 5.02 Å². The van der Waals surface area contributed by atoms with Crippen molar-refractivity contribution in [3.8, 4) is 16.3 Å².